The molecule has 1 saturated heterocycles. The van der Waals surface area contributed by atoms with Crippen molar-refractivity contribution in [3.05, 3.63) is 93.7 Å². The fourth-order valence-electron chi connectivity index (χ4n) is 2.75. The van der Waals surface area contributed by atoms with Gasteiger partial charge in [0.15, 0.2) is 5.17 Å². The van der Waals surface area contributed by atoms with Crippen LogP contribution in [0.25, 0.3) is 6.08 Å². The lowest BCUT2D eigenvalue weighted by molar-refractivity contribution is -0.122. The van der Waals surface area contributed by atoms with Crippen molar-refractivity contribution in [1.82, 2.24) is 4.90 Å². The topological polar surface area (TPSA) is 78.4 Å². The molecule has 0 radical (unpaired) electrons. The number of thioether (sulfide) groups is 1. The molecule has 1 N–H and O–H groups in total. The highest BCUT2D eigenvalue weighted by atomic mass is 35.5. The first-order chi connectivity index (χ1) is 14.6. The van der Waals surface area contributed by atoms with Crippen molar-refractivity contribution < 1.29 is 14.3 Å². The maximum absolute atomic E-state index is 13.0. The van der Waals surface area contributed by atoms with Gasteiger partial charge in [-0.1, -0.05) is 41.9 Å². The maximum Gasteiger partial charge on any atom is 0.267 e. The maximum atomic E-state index is 13.0. The molecule has 0 spiro atoms. The van der Waals surface area contributed by atoms with Crippen LogP contribution in [0, 0.1) is 0 Å². The Balaban J connectivity index is 1.63. The van der Waals surface area contributed by atoms with E-state index in [1.54, 1.807) is 30.5 Å². The lowest BCUT2D eigenvalue weighted by Crippen LogP contribution is -2.28. The quantitative estimate of drug-likeness (QED) is 0.340. The van der Waals surface area contributed by atoms with Gasteiger partial charge in [0, 0.05) is 10.6 Å². The average molecular weight is 438 g/mol. The number of hydrogen-bond donors (Lipinski definition) is 1. The summed E-state index contributed by atoms with van der Waals surface area (Å²) in [6.07, 6.45) is 4.76. The van der Waals surface area contributed by atoms with E-state index < -0.39 is 0 Å². The molecule has 3 aromatic rings. The highest BCUT2D eigenvalue weighted by Gasteiger charge is 2.34. The third-order valence-electron chi connectivity index (χ3n) is 4.21. The summed E-state index contributed by atoms with van der Waals surface area (Å²) in [6, 6.07) is 17.8. The number of benzene rings is 2. The van der Waals surface area contributed by atoms with Gasteiger partial charge in [-0.15, -0.1) is 5.10 Å². The van der Waals surface area contributed by atoms with Gasteiger partial charge in [0.25, 0.3) is 5.91 Å². The number of carbonyl (C=O) groups excluding carboxylic acids is 1. The number of rotatable bonds is 5. The molecule has 1 aromatic heterocycles. The first kappa shape index (κ1) is 20.0. The minimum absolute atomic E-state index is 0.0376. The van der Waals surface area contributed by atoms with Crippen molar-refractivity contribution >= 4 is 46.7 Å². The number of phenols is 1. The second-order valence-electron chi connectivity index (χ2n) is 6.32. The third kappa shape index (κ3) is 4.64. The molecule has 0 bridgehead atoms. The molecule has 6 nitrogen and oxygen atoms in total. The molecule has 4 rings (SSSR count). The van der Waals surface area contributed by atoms with Crippen molar-refractivity contribution in [2.45, 2.75) is 6.54 Å². The molecule has 150 valence electrons. The molecule has 0 saturated carbocycles. The minimum atomic E-state index is -0.181. The van der Waals surface area contributed by atoms with Crippen LogP contribution in [0.4, 0.5) is 0 Å². The summed E-state index contributed by atoms with van der Waals surface area (Å²) >= 11 is 7.19. The molecular weight excluding hydrogens is 422 g/mol. The first-order valence-electron chi connectivity index (χ1n) is 8.98. The molecule has 1 aliphatic rings. The minimum Gasteiger partial charge on any atom is -0.507 e. The molecule has 1 amide bonds. The molecule has 2 aromatic carbocycles. The normalized spacial score (nSPS) is 17.0. The molecule has 1 fully saturated rings. The van der Waals surface area contributed by atoms with Gasteiger partial charge >= 0.3 is 0 Å². The summed E-state index contributed by atoms with van der Waals surface area (Å²) < 4.78 is 5.38. The number of aromatic hydroxyl groups is 1. The van der Waals surface area contributed by atoms with E-state index in [9.17, 15) is 9.90 Å². The smallest absolute Gasteiger partial charge is 0.267 e. The molecule has 30 heavy (non-hydrogen) atoms. The summed E-state index contributed by atoms with van der Waals surface area (Å²) in [5.41, 5.74) is 1.35. The zero-order chi connectivity index (χ0) is 20.9. The third-order valence-corrected chi connectivity index (χ3v) is 5.44. The summed E-state index contributed by atoms with van der Waals surface area (Å²) in [5.74, 6) is 0.490. The van der Waals surface area contributed by atoms with Gasteiger partial charge in [0.1, 0.15) is 11.5 Å². The number of halogens is 1. The van der Waals surface area contributed by atoms with Gasteiger partial charge in [0.05, 0.1) is 23.9 Å². The second kappa shape index (κ2) is 9.02. The summed E-state index contributed by atoms with van der Waals surface area (Å²) in [6.45, 7) is 0.238. The van der Waals surface area contributed by atoms with Crippen LogP contribution in [-0.2, 0) is 11.3 Å². The van der Waals surface area contributed by atoms with Gasteiger partial charge in [-0.25, -0.2) is 0 Å². The second-order valence-corrected chi connectivity index (χ2v) is 7.77. The van der Waals surface area contributed by atoms with Crippen LogP contribution >= 0.6 is 23.4 Å². The van der Waals surface area contributed by atoms with Gasteiger partial charge in [0.2, 0.25) is 0 Å². The van der Waals surface area contributed by atoms with E-state index in [0.29, 0.717) is 26.4 Å². The van der Waals surface area contributed by atoms with E-state index in [4.69, 9.17) is 16.0 Å². The Labute approximate surface area is 182 Å². The Bertz CT molecular complexity index is 1140. The summed E-state index contributed by atoms with van der Waals surface area (Å²) in [4.78, 5) is 15.0. The Morgan fingerprint density at radius 1 is 1.13 bits per heavy atom. The number of amides is 1. The lowest BCUT2D eigenvalue weighted by Gasteiger charge is -2.12. The Kier molecular flexibility index (Phi) is 6.02. The zero-order valence-electron chi connectivity index (χ0n) is 15.6. The molecule has 8 heteroatoms. The van der Waals surface area contributed by atoms with Crippen LogP contribution in [0.2, 0.25) is 5.02 Å². The predicted octanol–water partition coefficient (Wildman–Crippen LogP) is 5.15. The number of amidine groups is 1. The van der Waals surface area contributed by atoms with Crippen LogP contribution in [0.15, 0.2) is 86.5 Å². The number of nitrogens with zero attached hydrogens (tertiary/aromatic N) is 3. The lowest BCUT2D eigenvalue weighted by atomic mass is 10.2. The highest BCUT2D eigenvalue weighted by molar-refractivity contribution is 8.18. The molecule has 0 aliphatic carbocycles. The van der Waals surface area contributed by atoms with Crippen LogP contribution < -0.4 is 0 Å². The van der Waals surface area contributed by atoms with Crippen LogP contribution in [0.1, 0.15) is 16.9 Å². The van der Waals surface area contributed by atoms with Crippen LogP contribution in [-0.4, -0.2) is 27.3 Å². The molecule has 2 heterocycles. The predicted molar refractivity (Wildman–Crippen MR) is 119 cm³/mol. The fraction of sp³-hybridized carbons (Fsp3) is 0.0455. The van der Waals surface area contributed by atoms with E-state index in [-0.39, 0.29) is 18.2 Å². The van der Waals surface area contributed by atoms with Gasteiger partial charge < -0.3 is 9.52 Å². The van der Waals surface area contributed by atoms with Crippen molar-refractivity contribution in [3.63, 3.8) is 0 Å². The number of hydrogen-bond acceptors (Lipinski definition) is 6. The SMILES string of the molecule is O=C1/C(=C/c2ccccc2)S/C(=N/N=C\c2cc(Cl)ccc2O)N1Cc1ccco1. The standard InChI is InChI=1S/C22H16ClN3O3S/c23-17-8-9-19(27)16(12-17)13-24-25-22-26(14-18-7-4-10-29-18)21(28)20(30-22)11-15-5-2-1-3-6-15/h1-13,27H,14H2/b20-11-,24-13-,25-22+. The molecule has 1 aliphatic heterocycles. The van der Waals surface area contributed by atoms with Gasteiger partial charge in [-0.3, -0.25) is 9.69 Å². The average Bonchev–Trinajstić information content (AvgIpc) is 3.36. The summed E-state index contributed by atoms with van der Waals surface area (Å²) in [7, 11) is 0. The highest BCUT2D eigenvalue weighted by Crippen LogP contribution is 2.33. The van der Waals surface area contributed by atoms with Crippen molar-refractivity contribution in [1.29, 1.82) is 0 Å². The van der Waals surface area contributed by atoms with Gasteiger partial charge in [-0.05, 0) is 53.7 Å². The van der Waals surface area contributed by atoms with Crippen LogP contribution in [0.5, 0.6) is 5.75 Å². The van der Waals surface area contributed by atoms with Gasteiger partial charge in [-0.2, -0.15) is 5.10 Å². The summed E-state index contributed by atoms with van der Waals surface area (Å²) in [5, 5.41) is 19.1. The van der Waals surface area contributed by atoms with Crippen LogP contribution in [0.3, 0.4) is 0 Å². The Hall–Kier alpha value is -3.29. The number of furan rings is 1. The molecular formula is C22H16ClN3O3S. The van der Waals surface area contributed by atoms with E-state index in [1.807, 2.05) is 36.4 Å². The van der Waals surface area contributed by atoms with E-state index >= 15 is 0 Å². The van der Waals surface area contributed by atoms with Crippen molar-refractivity contribution in [3.8, 4) is 5.75 Å². The van der Waals surface area contributed by atoms with E-state index in [2.05, 4.69) is 10.2 Å². The number of carbonyl (C=O) groups is 1. The Morgan fingerprint density at radius 2 is 1.97 bits per heavy atom. The van der Waals surface area contributed by atoms with E-state index in [1.165, 1.54) is 28.9 Å². The Morgan fingerprint density at radius 3 is 2.73 bits per heavy atom. The molecule has 0 unspecified atom stereocenters. The van der Waals surface area contributed by atoms with E-state index in [0.717, 1.165) is 5.56 Å². The molecule has 0 atom stereocenters. The fourth-order valence-corrected chi connectivity index (χ4v) is 3.87. The number of phenolic OH excluding ortho intramolecular Hbond substituents is 1. The first-order valence-corrected chi connectivity index (χ1v) is 10.2. The largest absolute Gasteiger partial charge is 0.507 e. The van der Waals surface area contributed by atoms with Crippen molar-refractivity contribution in [2.24, 2.45) is 10.2 Å². The monoisotopic (exact) mass is 437 g/mol. The van der Waals surface area contributed by atoms with Crippen molar-refractivity contribution in [2.75, 3.05) is 0 Å². The zero-order valence-corrected chi connectivity index (χ0v) is 17.2.